The van der Waals surface area contributed by atoms with Crippen molar-refractivity contribution in [1.82, 2.24) is 0 Å². The van der Waals surface area contributed by atoms with Crippen LogP contribution in [-0.2, 0) is 4.79 Å². The molecule has 0 rings (SSSR count). The first-order valence-electron chi connectivity index (χ1n) is 2.37. The molecule has 0 aromatic rings. The van der Waals surface area contributed by atoms with E-state index in [1.165, 1.54) is 13.0 Å². The molecule has 0 saturated carbocycles. The van der Waals surface area contributed by atoms with Crippen LogP contribution in [0.4, 0.5) is 0 Å². The molecule has 0 aliphatic heterocycles. The minimum Gasteiger partial charge on any atom is -0.508 e. The van der Waals surface area contributed by atoms with E-state index >= 15 is 0 Å². The zero-order valence-electron chi connectivity index (χ0n) is 5.09. The van der Waals surface area contributed by atoms with Crippen LogP contribution in [0.5, 0.6) is 0 Å². The number of hydrogen-bond donors (Lipinski definition) is 2. The van der Waals surface area contributed by atoms with E-state index in [9.17, 15) is 4.79 Å². The molecular formula is C6H8O3. The van der Waals surface area contributed by atoms with Crippen molar-refractivity contribution in [3.63, 3.8) is 0 Å². The Hall–Kier alpha value is -1.25. The summed E-state index contributed by atoms with van der Waals surface area (Å²) < 4.78 is 0. The van der Waals surface area contributed by atoms with Gasteiger partial charge >= 0.3 is 5.97 Å². The van der Waals surface area contributed by atoms with Crippen molar-refractivity contribution in [2.24, 2.45) is 0 Å². The number of aliphatic hydroxyl groups is 1. The van der Waals surface area contributed by atoms with Gasteiger partial charge in [-0.1, -0.05) is 12.7 Å². The van der Waals surface area contributed by atoms with E-state index in [0.29, 0.717) is 0 Å². The lowest BCUT2D eigenvalue weighted by Crippen LogP contribution is -2.01. The topological polar surface area (TPSA) is 57.5 Å². The average Bonchev–Trinajstić information content (AvgIpc) is 1.64. The maximum Gasteiger partial charge on any atom is 0.339 e. The molecule has 0 amide bonds. The van der Waals surface area contributed by atoms with Gasteiger partial charge in [0.1, 0.15) is 5.76 Å². The first kappa shape index (κ1) is 7.75. The van der Waals surface area contributed by atoms with E-state index in [4.69, 9.17) is 10.2 Å². The molecule has 0 bridgehead atoms. The van der Waals surface area contributed by atoms with Gasteiger partial charge in [0.25, 0.3) is 0 Å². The normalized spacial score (nSPS) is 11.0. The van der Waals surface area contributed by atoms with Gasteiger partial charge in [-0.2, -0.15) is 0 Å². The van der Waals surface area contributed by atoms with Gasteiger partial charge in [0, 0.05) is 0 Å². The van der Waals surface area contributed by atoms with Gasteiger partial charge in [0.2, 0.25) is 0 Å². The summed E-state index contributed by atoms with van der Waals surface area (Å²) in [5.41, 5.74) is -0.157. The third-order valence-electron chi connectivity index (χ3n) is 0.830. The molecule has 0 saturated heterocycles. The van der Waals surface area contributed by atoms with Crippen LogP contribution < -0.4 is 0 Å². The average molecular weight is 128 g/mol. The highest BCUT2D eigenvalue weighted by atomic mass is 16.4. The molecule has 0 aliphatic carbocycles. The molecule has 0 heterocycles. The molecule has 0 fully saturated rings. The van der Waals surface area contributed by atoms with Crippen LogP contribution in [0.25, 0.3) is 0 Å². The number of carboxylic acid groups (broad SMARTS) is 1. The van der Waals surface area contributed by atoms with E-state index in [2.05, 4.69) is 6.58 Å². The van der Waals surface area contributed by atoms with Crippen LogP contribution in [0.2, 0.25) is 0 Å². The largest absolute Gasteiger partial charge is 0.508 e. The van der Waals surface area contributed by atoms with Crippen LogP contribution in [0, 0.1) is 0 Å². The SMILES string of the molecule is C=C(O)/C(=C\C)C(=O)O. The number of aliphatic hydroxyl groups excluding tert-OH is 1. The van der Waals surface area contributed by atoms with Crippen molar-refractivity contribution >= 4 is 5.97 Å². The molecule has 0 aromatic carbocycles. The summed E-state index contributed by atoms with van der Waals surface area (Å²) in [5, 5.41) is 16.8. The van der Waals surface area contributed by atoms with Crippen molar-refractivity contribution in [2.75, 3.05) is 0 Å². The fourth-order valence-corrected chi connectivity index (χ4v) is 0.414. The molecule has 3 heteroatoms. The predicted octanol–water partition coefficient (Wildman–Crippen LogP) is 1.09. The molecule has 0 aromatic heterocycles. The highest BCUT2D eigenvalue weighted by Gasteiger charge is 2.06. The van der Waals surface area contributed by atoms with Gasteiger partial charge in [-0.05, 0) is 6.92 Å². The second kappa shape index (κ2) is 2.91. The maximum absolute atomic E-state index is 10.1. The quantitative estimate of drug-likeness (QED) is 0.332. The van der Waals surface area contributed by atoms with Gasteiger partial charge in [-0.15, -0.1) is 0 Å². The number of aliphatic carboxylic acids is 1. The van der Waals surface area contributed by atoms with Crippen molar-refractivity contribution in [3.8, 4) is 0 Å². The molecule has 9 heavy (non-hydrogen) atoms. The summed E-state index contributed by atoms with van der Waals surface area (Å²) in [5.74, 6) is -1.57. The minimum absolute atomic E-state index is 0.157. The van der Waals surface area contributed by atoms with Gasteiger partial charge in [0.05, 0.1) is 5.57 Å². The van der Waals surface area contributed by atoms with Crippen LogP contribution >= 0.6 is 0 Å². The van der Waals surface area contributed by atoms with Crippen LogP contribution in [0.1, 0.15) is 6.92 Å². The van der Waals surface area contributed by atoms with E-state index in [-0.39, 0.29) is 5.57 Å². The zero-order valence-corrected chi connectivity index (χ0v) is 5.09. The Labute approximate surface area is 52.9 Å². The summed E-state index contributed by atoms with van der Waals surface area (Å²) >= 11 is 0. The smallest absolute Gasteiger partial charge is 0.339 e. The lowest BCUT2D eigenvalue weighted by atomic mass is 10.2. The highest BCUT2D eigenvalue weighted by molar-refractivity contribution is 5.90. The third kappa shape index (κ3) is 1.99. The summed E-state index contributed by atoms with van der Waals surface area (Å²) in [6.07, 6.45) is 1.28. The Morgan fingerprint density at radius 2 is 2.00 bits per heavy atom. The number of carboxylic acids is 1. The van der Waals surface area contributed by atoms with E-state index < -0.39 is 11.7 Å². The summed E-state index contributed by atoms with van der Waals surface area (Å²) in [6.45, 7) is 4.57. The Balaban J connectivity index is 4.38. The first-order chi connectivity index (χ1) is 4.09. The highest BCUT2D eigenvalue weighted by Crippen LogP contribution is 2.02. The first-order valence-corrected chi connectivity index (χ1v) is 2.37. The Kier molecular flexibility index (Phi) is 2.51. The fourth-order valence-electron chi connectivity index (χ4n) is 0.414. The summed E-state index contributed by atoms with van der Waals surface area (Å²) in [7, 11) is 0. The van der Waals surface area contributed by atoms with Crippen molar-refractivity contribution in [1.29, 1.82) is 0 Å². The lowest BCUT2D eigenvalue weighted by Gasteiger charge is -1.94. The monoisotopic (exact) mass is 128 g/mol. The van der Waals surface area contributed by atoms with E-state index in [0.717, 1.165) is 0 Å². The molecule has 50 valence electrons. The Morgan fingerprint density at radius 3 is 2.00 bits per heavy atom. The number of carbonyl (C=O) groups is 1. The molecule has 2 N–H and O–H groups in total. The Morgan fingerprint density at radius 1 is 1.56 bits per heavy atom. The molecule has 0 unspecified atom stereocenters. The summed E-state index contributed by atoms with van der Waals surface area (Å²) in [4.78, 5) is 10.1. The fraction of sp³-hybridized carbons (Fsp3) is 0.167. The lowest BCUT2D eigenvalue weighted by molar-refractivity contribution is -0.132. The third-order valence-corrected chi connectivity index (χ3v) is 0.830. The van der Waals surface area contributed by atoms with Crippen LogP contribution in [-0.4, -0.2) is 16.2 Å². The van der Waals surface area contributed by atoms with Crippen LogP contribution in [0.3, 0.4) is 0 Å². The molecular weight excluding hydrogens is 120 g/mol. The zero-order chi connectivity index (χ0) is 7.44. The standard InChI is InChI=1S/C6H8O3/c1-3-5(4(2)7)6(8)9/h3,7H,2H2,1H3,(H,8,9)/b5-3+. The molecule has 0 atom stereocenters. The van der Waals surface area contributed by atoms with Crippen molar-refractivity contribution in [3.05, 3.63) is 24.0 Å². The number of allylic oxidation sites excluding steroid dienone is 1. The minimum atomic E-state index is -1.16. The van der Waals surface area contributed by atoms with Gasteiger partial charge in [0.15, 0.2) is 0 Å². The maximum atomic E-state index is 10.1. The van der Waals surface area contributed by atoms with E-state index in [1.807, 2.05) is 0 Å². The van der Waals surface area contributed by atoms with E-state index in [1.54, 1.807) is 0 Å². The molecule has 0 radical (unpaired) electrons. The van der Waals surface area contributed by atoms with Gasteiger partial charge in [-0.25, -0.2) is 4.79 Å². The van der Waals surface area contributed by atoms with Crippen LogP contribution in [0.15, 0.2) is 24.0 Å². The predicted molar refractivity (Wildman–Crippen MR) is 33.2 cm³/mol. The number of rotatable bonds is 2. The number of hydrogen-bond acceptors (Lipinski definition) is 2. The second-order valence-electron chi connectivity index (χ2n) is 1.45. The van der Waals surface area contributed by atoms with Crippen molar-refractivity contribution < 1.29 is 15.0 Å². The Bertz CT molecular complexity index is 151. The molecule has 0 spiro atoms. The van der Waals surface area contributed by atoms with Crippen molar-refractivity contribution in [2.45, 2.75) is 6.92 Å². The van der Waals surface area contributed by atoms with Gasteiger partial charge < -0.3 is 10.2 Å². The summed E-state index contributed by atoms with van der Waals surface area (Å²) in [6, 6.07) is 0. The molecule has 3 nitrogen and oxygen atoms in total. The molecule has 0 aliphatic rings. The van der Waals surface area contributed by atoms with Gasteiger partial charge in [-0.3, -0.25) is 0 Å². The second-order valence-corrected chi connectivity index (χ2v) is 1.45.